The first-order valence-corrected chi connectivity index (χ1v) is 6.12. The second-order valence-electron chi connectivity index (χ2n) is 3.57. The van der Waals surface area contributed by atoms with Gasteiger partial charge in [0.25, 0.3) is 15.7 Å². The second-order valence-corrected chi connectivity index (χ2v) is 5.17. The van der Waals surface area contributed by atoms with Crippen LogP contribution in [0.5, 0.6) is 5.75 Å². The van der Waals surface area contributed by atoms with Gasteiger partial charge in [0.15, 0.2) is 0 Å². The molecule has 0 amide bonds. The third kappa shape index (κ3) is 3.17. The van der Waals surface area contributed by atoms with Gasteiger partial charge in [-0.05, 0) is 6.07 Å². The fourth-order valence-electron chi connectivity index (χ4n) is 1.05. The highest BCUT2D eigenvalue weighted by molar-refractivity contribution is 7.90. The summed E-state index contributed by atoms with van der Waals surface area (Å²) in [6.45, 7) is 0. The number of non-ortho nitro benzene ring substituents is 1. The van der Waals surface area contributed by atoms with E-state index in [2.05, 4.69) is 4.40 Å². The highest BCUT2D eigenvalue weighted by atomic mass is 32.2. The van der Waals surface area contributed by atoms with Crippen LogP contribution in [0.1, 0.15) is 0 Å². The van der Waals surface area contributed by atoms with E-state index in [1.54, 1.807) is 14.1 Å². The zero-order valence-corrected chi connectivity index (χ0v) is 10.5. The lowest BCUT2D eigenvalue weighted by atomic mass is 10.3. The first-order valence-electron chi connectivity index (χ1n) is 4.68. The molecule has 0 aliphatic heterocycles. The molecule has 0 aromatic heterocycles. The lowest BCUT2D eigenvalue weighted by Gasteiger charge is -2.04. The fourth-order valence-corrected chi connectivity index (χ4v) is 2.04. The molecule has 1 rings (SSSR count). The molecule has 98 valence electrons. The maximum absolute atomic E-state index is 11.7. The van der Waals surface area contributed by atoms with Crippen molar-refractivity contribution in [3.8, 4) is 5.75 Å². The summed E-state index contributed by atoms with van der Waals surface area (Å²) in [6.07, 6.45) is 1.05. The summed E-state index contributed by atoms with van der Waals surface area (Å²) < 4.78 is 26.7. The van der Waals surface area contributed by atoms with E-state index in [1.165, 1.54) is 4.90 Å². The minimum Gasteiger partial charge on any atom is -0.506 e. The molecule has 0 saturated carbocycles. The largest absolute Gasteiger partial charge is 0.506 e. The summed E-state index contributed by atoms with van der Waals surface area (Å²) in [5, 5.41) is 19.9. The van der Waals surface area contributed by atoms with E-state index >= 15 is 0 Å². The first-order chi connectivity index (χ1) is 8.24. The van der Waals surface area contributed by atoms with Crippen LogP contribution in [-0.4, -0.2) is 43.8 Å². The van der Waals surface area contributed by atoms with E-state index in [1.807, 2.05) is 0 Å². The van der Waals surface area contributed by atoms with Gasteiger partial charge in [-0.15, -0.1) is 4.40 Å². The van der Waals surface area contributed by atoms with Crippen LogP contribution in [0.4, 0.5) is 5.69 Å². The minimum absolute atomic E-state index is 0.400. The number of sulfonamides is 1. The van der Waals surface area contributed by atoms with Crippen molar-refractivity contribution in [1.82, 2.24) is 4.90 Å². The second kappa shape index (κ2) is 5.00. The number of rotatable bonds is 4. The van der Waals surface area contributed by atoms with Crippen molar-refractivity contribution in [3.05, 3.63) is 28.3 Å². The lowest BCUT2D eigenvalue weighted by molar-refractivity contribution is -0.385. The molecule has 0 bridgehead atoms. The van der Waals surface area contributed by atoms with E-state index in [0.717, 1.165) is 24.5 Å². The van der Waals surface area contributed by atoms with Gasteiger partial charge in [-0.1, -0.05) is 0 Å². The molecule has 1 aromatic carbocycles. The SMILES string of the molecule is CN(C)/C=N\S(=O)(=O)c1ccc([N+](=O)[O-])cc1O. The maximum Gasteiger partial charge on any atom is 0.287 e. The lowest BCUT2D eigenvalue weighted by Crippen LogP contribution is -2.10. The van der Waals surface area contributed by atoms with Crippen LogP contribution in [0.3, 0.4) is 0 Å². The van der Waals surface area contributed by atoms with Crippen molar-refractivity contribution in [2.24, 2.45) is 4.40 Å². The third-order valence-electron chi connectivity index (χ3n) is 1.85. The van der Waals surface area contributed by atoms with Crippen molar-refractivity contribution in [2.75, 3.05) is 14.1 Å². The number of aromatic hydroxyl groups is 1. The smallest absolute Gasteiger partial charge is 0.287 e. The Labute approximate surface area is 103 Å². The van der Waals surface area contributed by atoms with Crippen molar-refractivity contribution in [3.63, 3.8) is 0 Å². The summed E-state index contributed by atoms with van der Waals surface area (Å²) in [5.41, 5.74) is -0.400. The van der Waals surface area contributed by atoms with Crippen molar-refractivity contribution in [1.29, 1.82) is 0 Å². The average molecular weight is 273 g/mol. The Balaban J connectivity index is 3.23. The molecule has 0 fully saturated rings. The van der Waals surface area contributed by atoms with E-state index in [9.17, 15) is 23.6 Å². The van der Waals surface area contributed by atoms with E-state index in [0.29, 0.717) is 0 Å². The van der Waals surface area contributed by atoms with Crippen LogP contribution < -0.4 is 0 Å². The Morgan fingerprint density at radius 3 is 2.50 bits per heavy atom. The van der Waals surface area contributed by atoms with Gasteiger partial charge in [0, 0.05) is 20.2 Å². The Hall–Kier alpha value is -2.16. The molecule has 0 saturated heterocycles. The number of nitrogens with zero attached hydrogens (tertiary/aromatic N) is 3. The van der Waals surface area contributed by atoms with Gasteiger partial charge in [-0.2, -0.15) is 8.42 Å². The topological polar surface area (TPSA) is 113 Å². The number of nitro benzene ring substituents is 1. The molecule has 0 radical (unpaired) electrons. The number of phenols is 1. The fraction of sp³-hybridized carbons (Fsp3) is 0.222. The number of hydrogen-bond acceptors (Lipinski definition) is 5. The number of benzene rings is 1. The Morgan fingerprint density at radius 2 is 2.06 bits per heavy atom. The molecule has 0 atom stereocenters. The highest BCUT2D eigenvalue weighted by Crippen LogP contribution is 2.28. The quantitative estimate of drug-likeness (QED) is 0.371. The number of phenolic OH excluding ortho intramolecular Hbond substituents is 1. The molecule has 8 nitrogen and oxygen atoms in total. The van der Waals surface area contributed by atoms with E-state index < -0.39 is 31.3 Å². The van der Waals surface area contributed by atoms with Crippen molar-refractivity contribution in [2.45, 2.75) is 4.90 Å². The van der Waals surface area contributed by atoms with Gasteiger partial charge in [0.2, 0.25) is 0 Å². The van der Waals surface area contributed by atoms with Crippen LogP contribution in [-0.2, 0) is 10.0 Å². The normalized spacial score (nSPS) is 11.7. The monoisotopic (exact) mass is 273 g/mol. The maximum atomic E-state index is 11.7. The predicted octanol–water partition coefficient (Wildman–Crippen LogP) is 0.579. The van der Waals surface area contributed by atoms with Gasteiger partial charge in [0.1, 0.15) is 17.0 Å². The summed E-state index contributed by atoms with van der Waals surface area (Å²) in [7, 11) is -0.917. The van der Waals surface area contributed by atoms with Crippen molar-refractivity contribution >= 4 is 22.0 Å². The summed E-state index contributed by atoms with van der Waals surface area (Å²) >= 11 is 0. The Kier molecular flexibility index (Phi) is 3.86. The zero-order valence-electron chi connectivity index (χ0n) is 9.64. The number of nitro groups is 1. The molecule has 0 spiro atoms. The predicted molar refractivity (Wildman–Crippen MR) is 64.1 cm³/mol. The molecule has 1 N–H and O–H groups in total. The zero-order chi connectivity index (χ0) is 13.9. The summed E-state index contributed by atoms with van der Waals surface area (Å²) in [5.74, 6) is -0.708. The van der Waals surface area contributed by atoms with Gasteiger partial charge in [-0.3, -0.25) is 10.1 Å². The van der Waals surface area contributed by atoms with Crippen LogP contribution in [0.15, 0.2) is 27.5 Å². The molecule has 9 heteroatoms. The van der Waals surface area contributed by atoms with Crippen LogP contribution in [0.2, 0.25) is 0 Å². The molecule has 0 heterocycles. The van der Waals surface area contributed by atoms with Crippen LogP contribution in [0, 0.1) is 10.1 Å². The molecule has 1 aromatic rings. The Morgan fingerprint density at radius 1 is 1.44 bits per heavy atom. The average Bonchev–Trinajstić information content (AvgIpc) is 2.26. The number of hydrogen-bond donors (Lipinski definition) is 1. The van der Waals surface area contributed by atoms with Gasteiger partial charge >= 0.3 is 0 Å². The van der Waals surface area contributed by atoms with Gasteiger partial charge in [-0.25, -0.2) is 0 Å². The molecular weight excluding hydrogens is 262 g/mol. The highest BCUT2D eigenvalue weighted by Gasteiger charge is 2.20. The van der Waals surface area contributed by atoms with Gasteiger partial charge in [0.05, 0.1) is 11.0 Å². The summed E-state index contributed by atoms with van der Waals surface area (Å²) in [4.78, 5) is 10.6. The first kappa shape index (κ1) is 13.9. The van der Waals surface area contributed by atoms with Crippen LogP contribution in [0.25, 0.3) is 0 Å². The molecule has 0 aliphatic carbocycles. The molecular formula is C9H11N3O5S. The van der Waals surface area contributed by atoms with Crippen molar-refractivity contribution < 1.29 is 18.4 Å². The van der Waals surface area contributed by atoms with E-state index in [4.69, 9.17) is 0 Å². The Bertz CT molecular complexity index is 594. The van der Waals surface area contributed by atoms with Crippen LogP contribution >= 0.6 is 0 Å². The minimum atomic E-state index is -4.07. The molecule has 18 heavy (non-hydrogen) atoms. The molecule has 0 unspecified atom stereocenters. The van der Waals surface area contributed by atoms with E-state index in [-0.39, 0.29) is 0 Å². The summed E-state index contributed by atoms with van der Waals surface area (Å²) in [6, 6.07) is 2.69. The molecule has 0 aliphatic rings. The van der Waals surface area contributed by atoms with Gasteiger partial charge < -0.3 is 10.0 Å². The third-order valence-corrected chi connectivity index (χ3v) is 3.12. The standard InChI is InChI=1S/C9H11N3O5S/c1-11(2)6-10-18(16,17)9-4-3-7(12(14)15)5-8(9)13/h3-6,13H,1-2H3/b10-6-.